The summed E-state index contributed by atoms with van der Waals surface area (Å²) in [5.74, 6) is -3.32. The first-order valence-electron chi connectivity index (χ1n) is 23.0. The van der Waals surface area contributed by atoms with Crippen LogP contribution in [0, 0.1) is 33.4 Å². The molecule has 0 aliphatic heterocycles. The number of halogens is 4. The molecule has 0 bridgehead atoms. The van der Waals surface area contributed by atoms with Crippen molar-refractivity contribution in [1.82, 2.24) is 29.1 Å². The average Bonchev–Trinajstić information content (AvgIpc) is 4.26. The molecule has 11 rings (SSSR count). The SMILES string of the molecule is Cn1cc(-c2ccc(Nc3cc(CS(=O)(=O)C4CC4)cc(-c4ccc(F)cc4F)c3)c([N+](=O)[O-])c2)cn1.Cn1cc(-c2ccc3c(c2)ncn3-c2cc(CS(=O)(=O)C3CC3)cc(-c3ccc(F)cc3F)c2)cn1. The minimum atomic E-state index is -3.40. The normalized spacial score (nSPS) is 13.7. The lowest BCUT2D eigenvalue weighted by molar-refractivity contribution is -0.383. The number of nitro groups is 1. The molecule has 3 heterocycles. The second kappa shape index (κ2) is 19.2. The van der Waals surface area contributed by atoms with Crippen LogP contribution in [-0.2, 0) is 45.3 Å². The maximum Gasteiger partial charge on any atom is 0.293 e. The lowest BCUT2D eigenvalue weighted by Gasteiger charge is -2.14. The van der Waals surface area contributed by atoms with Gasteiger partial charge in [-0.1, -0.05) is 12.1 Å². The van der Waals surface area contributed by atoms with Crippen molar-refractivity contribution in [3.8, 4) is 50.2 Å². The van der Waals surface area contributed by atoms with Crippen LogP contribution in [0.2, 0.25) is 0 Å². The smallest absolute Gasteiger partial charge is 0.293 e. The van der Waals surface area contributed by atoms with Gasteiger partial charge in [-0.15, -0.1) is 0 Å². The Labute approximate surface area is 416 Å². The van der Waals surface area contributed by atoms with Crippen molar-refractivity contribution in [3.63, 3.8) is 0 Å². The molecular weight excluding hydrogens is 985 g/mol. The third-order valence-electron chi connectivity index (χ3n) is 12.6. The number of nitro benzene ring substituents is 1. The van der Waals surface area contributed by atoms with E-state index in [1.165, 1.54) is 24.3 Å². The zero-order valence-electron chi connectivity index (χ0n) is 39.1. The van der Waals surface area contributed by atoms with Crippen LogP contribution in [0.15, 0.2) is 140 Å². The Morgan fingerprint density at radius 3 is 1.67 bits per heavy atom. The van der Waals surface area contributed by atoms with Gasteiger partial charge in [0.15, 0.2) is 19.7 Å². The van der Waals surface area contributed by atoms with Gasteiger partial charge in [0.05, 0.1) is 50.4 Å². The molecule has 73 heavy (non-hydrogen) atoms. The fourth-order valence-corrected chi connectivity index (χ4v) is 12.2. The number of benzene rings is 6. The molecule has 9 aromatic rings. The van der Waals surface area contributed by atoms with Crippen LogP contribution in [0.5, 0.6) is 0 Å². The summed E-state index contributed by atoms with van der Waals surface area (Å²) >= 11 is 0. The molecule has 2 aliphatic carbocycles. The Bertz CT molecular complexity index is 3870. The van der Waals surface area contributed by atoms with Gasteiger partial charge < -0.3 is 5.32 Å². The molecular formula is C53H44F4N8O6S2. The Kier molecular flexibility index (Phi) is 12.8. The summed E-state index contributed by atoms with van der Waals surface area (Å²) in [6.45, 7) is 0. The highest BCUT2D eigenvalue weighted by atomic mass is 32.2. The summed E-state index contributed by atoms with van der Waals surface area (Å²) in [5, 5.41) is 22.5. The summed E-state index contributed by atoms with van der Waals surface area (Å²) in [4.78, 5) is 15.9. The summed E-state index contributed by atoms with van der Waals surface area (Å²) in [7, 11) is -3.11. The van der Waals surface area contributed by atoms with Crippen molar-refractivity contribution >= 4 is 47.8 Å². The second-order valence-electron chi connectivity index (χ2n) is 18.3. The van der Waals surface area contributed by atoms with Gasteiger partial charge in [0, 0.05) is 78.3 Å². The van der Waals surface area contributed by atoms with Crippen molar-refractivity contribution in [3.05, 3.63) is 185 Å². The van der Waals surface area contributed by atoms with Gasteiger partial charge in [-0.3, -0.25) is 24.0 Å². The zero-order valence-corrected chi connectivity index (χ0v) is 40.7. The Morgan fingerprint density at radius 1 is 0.616 bits per heavy atom. The van der Waals surface area contributed by atoms with Crippen LogP contribution < -0.4 is 5.32 Å². The number of imidazole rings is 1. The molecule has 2 aliphatic rings. The number of nitrogens with zero attached hydrogens (tertiary/aromatic N) is 7. The fourth-order valence-electron chi connectivity index (χ4n) is 8.72. The van der Waals surface area contributed by atoms with E-state index in [1.54, 1.807) is 89.9 Å². The number of rotatable bonds is 14. The van der Waals surface area contributed by atoms with Gasteiger partial charge in [0.25, 0.3) is 5.69 Å². The van der Waals surface area contributed by atoms with E-state index in [4.69, 9.17) is 0 Å². The Balaban J connectivity index is 0.000000168. The quantitative estimate of drug-likeness (QED) is 0.0626. The van der Waals surface area contributed by atoms with E-state index in [-0.39, 0.29) is 39.3 Å². The van der Waals surface area contributed by atoms with Crippen LogP contribution in [0.3, 0.4) is 0 Å². The van der Waals surface area contributed by atoms with Crippen LogP contribution >= 0.6 is 0 Å². The van der Waals surface area contributed by atoms with E-state index < -0.39 is 53.1 Å². The molecule has 1 N–H and O–H groups in total. The van der Waals surface area contributed by atoms with Crippen LogP contribution in [0.4, 0.5) is 34.6 Å². The molecule has 0 amide bonds. The average molecular weight is 1030 g/mol. The highest BCUT2D eigenvalue weighted by molar-refractivity contribution is 7.91. The Hall–Kier alpha value is -7.97. The maximum atomic E-state index is 14.7. The van der Waals surface area contributed by atoms with Crippen molar-refractivity contribution in [2.75, 3.05) is 5.32 Å². The summed E-state index contributed by atoms with van der Waals surface area (Å²) < 4.78 is 112. The number of nitrogens with one attached hydrogen (secondary N) is 1. The third kappa shape index (κ3) is 10.8. The number of hydrogen-bond donors (Lipinski definition) is 1. The van der Waals surface area contributed by atoms with Crippen LogP contribution in [0.25, 0.3) is 61.2 Å². The van der Waals surface area contributed by atoms with E-state index in [0.717, 1.165) is 40.4 Å². The fraction of sp³-hybridized carbons (Fsp3) is 0.189. The Morgan fingerprint density at radius 2 is 1.15 bits per heavy atom. The monoisotopic (exact) mass is 1030 g/mol. The molecule has 0 saturated heterocycles. The molecule has 3 aromatic heterocycles. The van der Waals surface area contributed by atoms with Gasteiger partial charge in [-0.2, -0.15) is 10.2 Å². The molecule has 0 spiro atoms. The molecule has 20 heteroatoms. The zero-order chi connectivity index (χ0) is 51.3. The minimum absolute atomic E-state index is 0.0801. The number of aryl methyl sites for hydroxylation is 2. The van der Waals surface area contributed by atoms with E-state index in [1.807, 2.05) is 36.0 Å². The molecule has 2 saturated carbocycles. The maximum absolute atomic E-state index is 14.7. The number of hydrogen-bond acceptors (Lipinski definition) is 10. The lowest BCUT2D eigenvalue weighted by atomic mass is 10.0. The van der Waals surface area contributed by atoms with Gasteiger partial charge >= 0.3 is 0 Å². The lowest BCUT2D eigenvalue weighted by Crippen LogP contribution is -2.10. The van der Waals surface area contributed by atoms with Gasteiger partial charge in [-0.25, -0.2) is 39.4 Å². The molecule has 0 atom stereocenters. The van der Waals surface area contributed by atoms with Crippen molar-refractivity contribution in [2.45, 2.75) is 47.7 Å². The highest BCUT2D eigenvalue weighted by Crippen LogP contribution is 2.38. The molecule has 14 nitrogen and oxygen atoms in total. The van der Waals surface area contributed by atoms with Gasteiger partial charge in [-0.05, 0) is 138 Å². The predicted octanol–water partition coefficient (Wildman–Crippen LogP) is 11.2. The van der Waals surface area contributed by atoms with E-state index in [9.17, 15) is 44.5 Å². The number of aromatic nitrogens is 6. The van der Waals surface area contributed by atoms with Crippen molar-refractivity contribution < 1.29 is 39.3 Å². The standard InChI is InChI=1S/C27H22F2N4O2S.C26H22F2N4O4S/c1-32-14-20(13-31-32)18-2-7-27-26(11-18)30-16-33(27)22-9-17(15-36(34,35)23-4-5-23)8-19(10-22)24-6-3-21(28)12-25(24)29;1-31-14-19(13-29-31)17-2-7-25(26(11-17)32(33)34)30-21-9-16(15-37(35,36)22-4-5-22)8-18(10-21)23-6-3-20(27)12-24(23)28/h2-3,6-14,16,23H,4-5,15H2,1H3;2-3,6-14,22,30H,4-5,15H2,1H3. The van der Waals surface area contributed by atoms with Crippen LogP contribution in [0.1, 0.15) is 36.8 Å². The molecule has 6 aromatic carbocycles. The summed E-state index contributed by atoms with van der Waals surface area (Å²) in [6, 6.07) is 27.0. The van der Waals surface area contributed by atoms with Crippen LogP contribution in [-0.4, -0.2) is 61.4 Å². The van der Waals surface area contributed by atoms with E-state index >= 15 is 0 Å². The first kappa shape index (κ1) is 48.6. The number of anilines is 2. The minimum Gasteiger partial charge on any atom is -0.350 e. The first-order valence-corrected chi connectivity index (χ1v) is 26.4. The topological polar surface area (TPSA) is 177 Å². The van der Waals surface area contributed by atoms with Crippen molar-refractivity contribution in [1.29, 1.82) is 0 Å². The number of fused-ring (bicyclic) bond motifs is 1. The predicted molar refractivity (Wildman–Crippen MR) is 270 cm³/mol. The molecule has 0 unspecified atom stereocenters. The molecule has 372 valence electrons. The second-order valence-corrected chi connectivity index (χ2v) is 22.9. The number of sulfone groups is 2. The molecule has 0 radical (unpaired) electrons. The largest absolute Gasteiger partial charge is 0.350 e. The van der Waals surface area contributed by atoms with Gasteiger partial charge in [0.2, 0.25) is 0 Å². The summed E-state index contributed by atoms with van der Waals surface area (Å²) in [5.41, 5.74) is 7.78. The van der Waals surface area contributed by atoms with E-state index in [2.05, 4.69) is 20.5 Å². The first-order chi connectivity index (χ1) is 34.8. The molecule has 2 fully saturated rings. The third-order valence-corrected chi connectivity index (χ3v) is 17.1. The summed E-state index contributed by atoms with van der Waals surface area (Å²) in [6.07, 6.45) is 11.3. The van der Waals surface area contributed by atoms with Crippen molar-refractivity contribution in [2.24, 2.45) is 14.1 Å². The van der Waals surface area contributed by atoms with E-state index in [0.29, 0.717) is 70.4 Å². The van der Waals surface area contributed by atoms with Gasteiger partial charge in [0.1, 0.15) is 35.3 Å². The highest BCUT2D eigenvalue weighted by Gasteiger charge is 2.36.